The van der Waals surface area contributed by atoms with E-state index in [4.69, 9.17) is 9.88 Å². The molecule has 2 aromatic rings. The van der Waals surface area contributed by atoms with E-state index in [0.29, 0.717) is 13.0 Å². The highest BCUT2D eigenvalue weighted by atomic mass is 32.2. The Hall–Kier alpha value is -2.45. The van der Waals surface area contributed by atoms with E-state index in [-0.39, 0.29) is 16.2 Å². The van der Waals surface area contributed by atoms with Gasteiger partial charge in [0.05, 0.1) is 12.0 Å². The van der Waals surface area contributed by atoms with Crippen LogP contribution in [0.3, 0.4) is 0 Å². The lowest BCUT2D eigenvalue weighted by Gasteiger charge is -2.07. The smallest absolute Gasteiger partial charge is 0.251 e. The van der Waals surface area contributed by atoms with Crippen LogP contribution in [-0.4, -0.2) is 28.0 Å². The second-order valence-corrected chi connectivity index (χ2v) is 6.61. The van der Waals surface area contributed by atoms with Crippen molar-refractivity contribution < 1.29 is 22.3 Å². The lowest BCUT2D eigenvalue weighted by Crippen LogP contribution is -2.25. The lowest BCUT2D eigenvalue weighted by molar-refractivity contribution is 0.0953. The first-order valence-corrected chi connectivity index (χ1v) is 8.59. The number of ether oxygens (including phenoxy) is 1. The van der Waals surface area contributed by atoms with Gasteiger partial charge in [-0.05, 0) is 42.3 Å². The first-order valence-electron chi connectivity index (χ1n) is 7.05. The number of nitrogens with one attached hydrogen (secondary N) is 1. The Kier molecular flexibility index (Phi) is 5.53. The molecule has 0 aliphatic rings. The van der Waals surface area contributed by atoms with Crippen LogP contribution in [0.4, 0.5) is 4.39 Å². The van der Waals surface area contributed by atoms with Gasteiger partial charge in [-0.3, -0.25) is 4.79 Å². The zero-order valence-electron chi connectivity index (χ0n) is 13.0. The SMILES string of the molecule is COc1ccc(C(=O)NCCc2ccc(S(N)(=O)=O)cc2)cc1F. The molecule has 8 heteroatoms. The van der Waals surface area contributed by atoms with Crippen LogP contribution >= 0.6 is 0 Å². The minimum atomic E-state index is -3.71. The van der Waals surface area contributed by atoms with E-state index in [1.807, 2.05) is 0 Å². The molecule has 6 nitrogen and oxygen atoms in total. The zero-order chi connectivity index (χ0) is 17.7. The number of amides is 1. The largest absolute Gasteiger partial charge is 0.494 e. The summed E-state index contributed by atoms with van der Waals surface area (Å²) in [6.45, 7) is 0.321. The maximum absolute atomic E-state index is 13.6. The number of sulfonamides is 1. The average Bonchev–Trinajstić information content (AvgIpc) is 2.54. The number of nitrogens with two attached hydrogens (primary N) is 1. The van der Waals surface area contributed by atoms with Gasteiger partial charge in [0.15, 0.2) is 11.6 Å². The van der Waals surface area contributed by atoms with Crippen LogP contribution < -0.4 is 15.2 Å². The molecule has 0 saturated heterocycles. The minimum Gasteiger partial charge on any atom is -0.494 e. The second kappa shape index (κ2) is 7.41. The number of carbonyl (C=O) groups is 1. The summed E-state index contributed by atoms with van der Waals surface area (Å²) in [6.07, 6.45) is 0.495. The van der Waals surface area contributed by atoms with E-state index in [1.165, 1.54) is 31.4 Å². The molecule has 0 bridgehead atoms. The topological polar surface area (TPSA) is 98.5 Å². The molecular weight excluding hydrogens is 335 g/mol. The molecule has 0 aliphatic heterocycles. The van der Waals surface area contributed by atoms with Crippen molar-refractivity contribution in [3.8, 4) is 5.75 Å². The van der Waals surface area contributed by atoms with Crippen molar-refractivity contribution in [2.75, 3.05) is 13.7 Å². The zero-order valence-corrected chi connectivity index (χ0v) is 13.8. The molecule has 24 heavy (non-hydrogen) atoms. The van der Waals surface area contributed by atoms with Crippen LogP contribution in [0.2, 0.25) is 0 Å². The summed E-state index contributed by atoms with van der Waals surface area (Å²) in [4.78, 5) is 12.0. The Morgan fingerprint density at radius 3 is 2.42 bits per heavy atom. The van der Waals surface area contributed by atoms with Crippen LogP contribution in [0.5, 0.6) is 5.75 Å². The summed E-state index contributed by atoms with van der Waals surface area (Å²) < 4.78 is 40.7. The molecule has 1 amide bonds. The monoisotopic (exact) mass is 352 g/mol. The Bertz CT molecular complexity index is 836. The third-order valence-corrected chi connectivity index (χ3v) is 4.29. The Morgan fingerprint density at radius 2 is 1.88 bits per heavy atom. The predicted molar refractivity (Wildman–Crippen MR) is 86.8 cm³/mol. The van der Waals surface area contributed by atoms with Gasteiger partial charge in [0, 0.05) is 12.1 Å². The number of primary sulfonamides is 1. The summed E-state index contributed by atoms with van der Waals surface area (Å²) >= 11 is 0. The number of halogens is 1. The summed E-state index contributed by atoms with van der Waals surface area (Å²) in [7, 11) is -2.37. The fraction of sp³-hybridized carbons (Fsp3) is 0.188. The molecule has 0 radical (unpaired) electrons. The maximum Gasteiger partial charge on any atom is 0.251 e. The van der Waals surface area contributed by atoms with E-state index in [2.05, 4.69) is 5.32 Å². The number of benzene rings is 2. The van der Waals surface area contributed by atoms with Crippen molar-refractivity contribution in [2.24, 2.45) is 5.14 Å². The van der Waals surface area contributed by atoms with Gasteiger partial charge < -0.3 is 10.1 Å². The Labute approximate surface area is 139 Å². The van der Waals surface area contributed by atoms with Crippen molar-refractivity contribution in [2.45, 2.75) is 11.3 Å². The number of hydrogen-bond acceptors (Lipinski definition) is 4. The van der Waals surface area contributed by atoms with Crippen LogP contribution in [0.25, 0.3) is 0 Å². The molecule has 0 unspecified atom stereocenters. The summed E-state index contributed by atoms with van der Waals surface area (Å²) in [5, 5.41) is 7.69. The van der Waals surface area contributed by atoms with Gasteiger partial charge in [0.25, 0.3) is 5.91 Å². The molecule has 2 rings (SSSR count). The molecule has 0 saturated carbocycles. The molecule has 0 heterocycles. The van der Waals surface area contributed by atoms with E-state index in [1.54, 1.807) is 12.1 Å². The highest BCUT2D eigenvalue weighted by molar-refractivity contribution is 7.89. The van der Waals surface area contributed by atoms with Gasteiger partial charge in [-0.15, -0.1) is 0 Å². The number of carbonyl (C=O) groups excluding carboxylic acids is 1. The van der Waals surface area contributed by atoms with Crippen LogP contribution in [0.15, 0.2) is 47.4 Å². The van der Waals surface area contributed by atoms with Crippen LogP contribution in [0, 0.1) is 5.82 Å². The molecule has 0 aliphatic carbocycles. The quantitative estimate of drug-likeness (QED) is 0.822. The van der Waals surface area contributed by atoms with E-state index in [9.17, 15) is 17.6 Å². The van der Waals surface area contributed by atoms with Crippen molar-refractivity contribution in [1.29, 1.82) is 0 Å². The number of methoxy groups -OCH3 is 1. The number of rotatable bonds is 6. The maximum atomic E-state index is 13.6. The van der Waals surface area contributed by atoms with Crippen molar-refractivity contribution in [3.05, 3.63) is 59.4 Å². The van der Waals surface area contributed by atoms with E-state index < -0.39 is 21.7 Å². The molecule has 0 spiro atoms. The number of hydrogen-bond donors (Lipinski definition) is 2. The van der Waals surface area contributed by atoms with Crippen LogP contribution in [0.1, 0.15) is 15.9 Å². The molecule has 2 aromatic carbocycles. The van der Waals surface area contributed by atoms with Gasteiger partial charge in [-0.25, -0.2) is 17.9 Å². The summed E-state index contributed by atoms with van der Waals surface area (Å²) in [5.41, 5.74) is 1.03. The van der Waals surface area contributed by atoms with Gasteiger partial charge in [0.2, 0.25) is 10.0 Å². The normalized spacial score (nSPS) is 11.1. The van der Waals surface area contributed by atoms with Gasteiger partial charge in [-0.1, -0.05) is 12.1 Å². The lowest BCUT2D eigenvalue weighted by atomic mass is 10.1. The highest BCUT2D eigenvalue weighted by Crippen LogP contribution is 2.17. The van der Waals surface area contributed by atoms with Crippen LogP contribution in [-0.2, 0) is 16.4 Å². The molecule has 128 valence electrons. The van der Waals surface area contributed by atoms with Gasteiger partial charge >= 0.3 is 0 Å². The summed E-state index contributed by atoms with van der Waals surface area (Å²) in [5.74, 6) is -0.942. The third kappa shape index (κ3) is 4.53. The van der Waals surface area contributed by atoms with E-state index >= 15 is 0 Å². The Morgan fingerprint density at radius 1 is 1.21 bits per heavy atom. The average molecular weight is 352 g/mol. The highest BCUT2D eigenvalue weighted by Gasteiger charge is 2.10. The van der Waals surface area contributed by atoms with Gasteiger partial charge in [0.1, 0.15) is 0 Å². The summed E-state index contributed by atoms with van der Waals surface area (Å²) in [6, 6.07) is 10.0. The third-order valence-electron chi connectivity index (χ3n) is 3.37. The van der Waals surface area contributed by atoms with E-state index in [0.717, 1.165) is 11.6 Å². The minimum absolute atomic E-state index is 0.0315. The van der Waals surface area contributed by atoms with Crippen molar-refractivity contribution in [3.63, 3.8) is 0 Å². The molecule has 0 fully saturated rings. The standard InChI is InChI=1S/C16H17FN2O4S/c1-23-15-7-4-12(10-14(15)17)16(20)19-9-8-11-2-5-13(6-3-11)24(18,21)22/h2-7,10H,8-9H2,1H3,(H,19,20)(H2,18,21,22). The Balaban J connectivity index is 1.92. The molecule has 0 aromatic heterocycles. The first kappa shape index (κ1) is 17.9. The fourth-order valence-electron chi connectivity index (χ4n) is 2.08. The molecule has 0 atom stereocenters. The second-order valence-electron chi connectivity index (χ2n) is 5.04. The first-order chi connectivity index (χ1) is 11.3. The molecular formula is C16H17FN2O4S. The fourth-order valence-corrected chi connectivity index (χ4v) is 2.59. The van der Waals surface area contributed by atoms with Gasteiger partial charge in [-0.2, -0.15) is 0 Å². The van der Waals surface area contributed by atoms with Crippen molar-refractivity contribution >= 4 is 15.9 Å². The predicted octanol–water partition coefficient (Wildman–Crippen LogP) is 1.45. The van der Waals surface area contributed by atoms with Crippen molar-refractivity contribution in [1.82, 2.24) is 5.32 Å². The molecule has 3 N–H and O–H groups in total.